The lowest BCUT2D eigenvalue weighted by atomic mass is 9.76. The Morgan fingerprint density at radius 2 is 1.78 bits per heavy atom. The lowest BCUT2D eigenvalue weighted by Gasteiger charge is -2.33. The summed E-state index contributed by atoms with van der Waals surface area (Å²) in [5, 5.41) is 9.96. The minimum Gasteiger partial charge on any atom is -0.389 e. The summed E-state index contributed by atoms with van der Waals surface area (Å²) < 4.78 is 5.77. The first-order chi connectivity index (χ1) is 8.68. The zero-order valence-corrected chi connectivity index (χ0v) is 11.9. The molecule has 1 unspecified atom stereocenters. The van der Waals surface area contributed by atoms with Crippen LogP contribution >= 0.6 is 0 Å². The fourth-order valence-electron chi connectivity index (χ4n) is 3.31. The molecule has 0 aromatic carbocycles. The Bertz CT molecular complexity index is 233. The van der Waals surface area contributed by atoms with Crippen molar-refractivity contribution < 1.29 is 9.84 Å². The average molecular weight is 255 g/mol. The van der Waals surface area contributed by atoms with Crippen LogP contribution in [0.5, 0.6) is 0 Å². The smallest absolute Gasteiger partial charge is 0.0900 e. The Kier molecular flexibility index (Phi) is 5.46. The number of rotatable bonds is 6. The number of hydrogen-bond acceptors (Lipinski definition) is 3. The first-order valence-electron chi connectivity index (χ1n) is 7.66. The summed E-state index contributed by atoms with van der Waals surface area (Å²) in [6.07, 6.45) is 8.90. The standard InChI is InChI=1S/C15H29NO2/c1-15(7-3-2-4-8-15)13-18-12-14(17)11-16-9-5-6-10-16/h14,17H,2-13H2,1H3. The number of likely N-dealkylation sites (tertiary alicyclic amines) is 1. The summed E-state index contributed by atoms with van der Waals surface area (Å²) in [7, 11) is 0. The van der Waals surface area contributed by atoms with Gasteiger partial charge in [-0.3, -0.25) is 0 Å². The molecule has 3 heteroatoms. The van der Waals surface area contributed by atoms with Gasteiger partial charge in [0.2, 0.25) is 0 Å². The Morgan fingerprint density at radius 3 is 2.44 bits per heavy atom. The molecule has 1 atom stereocenters. The van der Waals surface area contributed by atoms with E-state index in [-0.39, 0.29) is 6.10 Å². The second-order valence-corrected chi connectivity index (χ2v) is 6.55. The molecule has 2 fully saturated rings. The number of aliphatic hydroxyl groups is 1. The van der Waals surface area contributed by atoms with Gasteiger partial charge in [0.1, 0.15) is 0 Å². The van der Waals surface area contributed by atoms with Crippen molar-refractivity contribution in [2.24, 2.45) is 5.41 Å². The average Bonchev–Trinajstić information content (AvgIpc) is 2.82. The van der Waals surface area contributed by atoms with Crippen molar-refractivity contribution in [3.05, 3.63) is 0 Å². The van der Waals surface area contributed by atoms with E-state index in [2.05, 4.69) is 11.8 Å². The van der Waals surface area contributed by atoms with E-state index in [0.29, 0.717) is 12.0 Å². The van der Waals surface area contributed by atoms with E-state index >= 15 is 0 Å². The molecule has 2 aliphatic rings. The highest BCUT2D eigenvalue weighted by molar-refractivity contribution is 4.78. The predicted octanol–water partition coefficient (Wildman–Crippen LogP) is 2.43. The van der Waals surface area contributed by atoms with Gasteiger partial charge in [0, 0.05) is 6.54 Å². The van der Waals surface area contributed by atoms with Gasteiger partial charge in [-0.15, -0.1) is 0 Å². The molecule has 0 aromatic rings. The van der Waals surface area contributed by atoms with Crippen LogP contribution in [0.3, 0.4) is 0 Å². The van der Waals surface area contributed by atoms with Crippen LogP contribution in [0.1, 0.15) is 51.9 Å². The third kappa shape index (κ3) is 4.52. The van der Waals surface area contributed by atoms with Crippen LogP contribution in [-0.4, -0.2) is 49.0 Å². The SMILES string of the molecule is CC1(COCC(O)CN2CCCC2)CCCCC1. The summed E-state index contributed by atoms with van der Waals surface area (Å²) in [6, 6.07) is 0. The molecular formula is C15H29NO2. The van der Waals surface area contributed by atoms with Crippen LogP contribution in [0.15, 0.2) is 0 Å². The number of nitrogens with zero attached hydrogens (tertiary/aromatic N) is 1. The van der Waals surface area contributed by atoms with Gasteiger partial charge in [-0.05, 0) is 44.2 Å². The maximum absolute atomic E-state index is 9.96. The van der Waals surface area contributed by atoms with Crippen molar-refractivity contribution in [1.29, 1.82) is 0 Å². The van der Waals surface area contributed by atoms with Crippen molar-refractivity contribution in [1.82, 2.24) is 4.90 Å². The van der Waals surface area contributed by atoms with E-state index in [1.54, 1.807) is 0 Å². The fraction of sp³-hybridized carbons (Fsp3) is 1.00. The number of ether oxygens (including phenoxy) is 1. The number of aliphatic hydroxyl groups excluding tert-OH is 1. The molecule has 0 radical (unpaired) electrons. The van der Waals surface area contributed by atoms with Gasteiger partial charge in [0.25, 0.3) is 0 Å². The van der Waals surface area contributed by atoms with Gasteiger partial charge in [0.15, 0.2) is 0 Å². The largest absolute Gasteiger partial charge is 0.389 e. The fourth-order valence-corrected chi connectivity index (χ4v) is 3.31. The Balaban J connectivity index is 1.58. The van der Waals surface area contributed by atoms with Crippen molar-refractivity contribution in [2.75, 3.05) is 32.8 Å². The highest BCUT2D eigenvalue weighted by Gasteiger charge is 2.27. The van der Waals surface area contributed by atoms with Crippen LogP contribution in [0, 0.1) is 5.41 Å². The maximum Gasteiger partial charge on any atom is 0.0900 e. The van der Waals surface area contributed by atoms with Crippen LogP contribution < -0.4 is 0 Å². The van der Waals surface area contributed by atoms with E-state index in [0.717, 1.165) is 26.2 Å². The molecule has 106 valence electrons. The molecule has 1 N–H and O–H groups in total. The van der Waals surface area contributed by atoms with Gasteiger partial charge < -0.3 is 14.7 Å². The lowest BCUT2D eigenvalue weighted by molar-refractivity contribution is -0.0219. The predicted molar refractivity (Wildman–Crippen MR) is 73.7 cm³/mol. The minimum atomic E-state index is -0.310. The molecule has 0 amide bonds. The van der Waals surface area contributed by atoms with E-state index in [9.17, 15) is 5.11 Å². The first-order valence-corrected chi connectivity index (χ1v) is 7.66. The molecular weight excluding hydrogens is 226 g/mol. The number of hydrogen-bond donors (Lipinski definition) is 1. The van der Waals surface area contributed by atoms with Crippen molar-refractivity contribution in [2.45, 2.75) is 58.0 Å². The Labute approximate surface area is 112 Å². The van der Waals surface area contributed by atoms with Crippen LogP contribution in [-0.2, 0) is 4.74 Å². The topological polar surface area (TPSA) is 32.7 Å². The third-order valence-electron chi connectivity index (χ3n) is 4.49. The van der Waals surface area contributed by atoms with Crippen molar-refractivity contribution >= 4 is 0 Å². The zero-order chi connectivity index (χ0) is 12.8. The van der Waals surface area contributed by atoms with Crippen LogP contribution in [0.25, 0.3) is 0 Å². The molecule has 1 saturated carbocycles. The summed E-state index contributed by atoms with van der Waals surface area (Å²) in [5.74, 6) is 0. The number of β-amino-alcohol motifs (C(OH)–C–C–N with tert-alkyl or cyclic N) is 1. The van der Waals surface area contributed by atoms with Gasteiger partial charge >= 0.3 is 0 Å². The van der Waals surface area contributed by atoms with Gasteiger partial charge in [-0.25, -0.2) is 0 Å². The minimum absolute atomic E-state index is 0.310. The molecule has 3 nitrogen and oxygen atoms in total. The van der Waals surface area contributed by atoms with E-state index in [4.69, 9.17) is 4.74 Å². The third-order valence-corrected chi connectivity index (χ3v) is 4.49. The summed E-state index contributed by atoms with van der Waals surface area (Å²) in [4.78, 5) is 2.34. The highest BCUT2D eigenvalue weighted by atomic mass is 16.5. The van der Waals surface area contributed by atoms with Gasteiger partial charge in [-0.2, -0.15) is 0 Å². The molecule has 0 bridgehead atoms. The molecule has 1 aliphatic heterocycles. The van der Waals surface area contributed by atoms with Crippen LogP contribution in [0.4, 0.5) is 0 Å². The molecule has 0 spiro atoms. The monoisotopic (exact) mass is 255 g/mol. The summed E-state index contributed by atoms with van der Waals surface area (Å²) in [5.41, 5.74) is 0.367. The second-order valence-electron chi connectivity index (χ2n) is 6.55. The summed E-state index contributed by atoms with van der Waals surface area (Å²) in [6.45, 7) is 6.75. The van der Waals surface area contributed by atoms with Crippen molar-refractivity contribution in [3.63, 3.8) is 0 Å². The molecule has 18 heavy (non-hydrogen) atoms. The van der Waals surface area contributed by atoms with E-state index < -0.39 is 0 Å². The lowest BCUT2D eigenvalue weighted by Crippen LogP contribution is -2.34. The highest BCUT2D eigenvalue weighted by Crippen LogP contribution is 2.35. The van der Waals surface area contributed by atoms with Crippen molar-refractivity contribution in [3.8, 4) is 0 Å². The van der Waals surface area contributed by atoms with Crippen LogP contribution in [0.2, 0.25) is 0 Å². The summed E-state index contributed by atoms with van der Waals surface area (Å²) >= 11 is 0. The van der Waals surface area contributed by atoms with Gasteiger partial charge in [-0.1, -0.05) is 26.2 Å². The zero-order valence-electron chi connectivity index (χ0n) is 11.9. The maximum atomic E-state index is 9.96. The van der Waals surface area contributed by atoms with Gasteiger partial charge in [0.05, 0.1) is 19.3 Å². The molecule has 2 rings (SSSR count). The quantitative estimate of drug-likeness (QED) is 0.791. The first kappa shape index (κ1) is 14.3. The van der Waals surface area contributed by atoms with E-state index in [1.807, 2.05) is 0 Å². The van der Waals surface area contributed by atoms with E-state index in [1.165, 1.54) is 44.9 Å². The molecule has 1 heterocycles. The Morgan fingerprint density at radius 1 is 1.11 bits per heavy atom. The normalized spacial score (nSPS) is 26.3. The molecule has 1 aliphatic carbocycles. The molecule has 1 saturated heterocycles. The molecule has 0 aromatic heterocycles. The Hall–Kier alpha value is -0.120. The second kappa shape index (κ2) is 6.88.